The number of unbranched alkanes of at least 4 members (excludes halogenated alkanes) is 2. The Labute approximate surface area is 204 Å². The number of rotatable bonds is 11. The van der Waals surface area contributed by atoms with E-state index in [2.05, 4.69) is 72.9 Å². The smallest absolute Gasteiger partial charge is 0.119 e. The van der Waals surface area contributed by atoms with Gasteiger partial charge in [-0.3, -0.25) is 0 Å². The summed E-state index contributed by atoms with van der Waals surface area (Å²) in [6, 6.07) is 17.6. The molecule has 34 heavy (non-hydrogen) atoms. The van der Waals surface area contributed by atoms with Crippen LogP contribution in [-0.4, -0.2) is 26.0 Å². The first-order valence-corrected chi connectivity index (χ1v) is 13.1. The number of piperidine rings is 1. The van der Waals surface area contributed by atoms with Crippen molar-refractivity contribution in [2.75, 3.05) is 20.3 Å². The van der Waals surface area contributed by atoms with Crippen LogP contribution in [0.5, 0.6) is 11.5 Å². The summed E-state index contributed by atoms with van der Waals surface area (Å²) in [6.07, 6.45) is 7.91. The highest BCUT2D eigenvalue weighted by atomic mass is 16.6. The molecule has 0 aromatic heterocycles. The van der Waals surface area contributed by atoms with Gasteiger partial charge in [-0.1, -0.05) is 62.5 Å². The van der Waals surface area contributed by atoms with Crippen LogP contribution in [0.3, 0.4) is 0 Å². The second-order valence-electron chi connectivity index (χ2n) is 9.51. The molecule has 0 spiro atoms. The van der Waals surface area contributed by atoms with E-state index in [1.165, 1.54) is 23.3 Å². The van der Waals surface area contributed by atoms with Crippen LogP contribution >= 0.6 is 0 Å². The Hall–Kier alpha value is -2.53. The van der Waals surface area contributed by atoms with Crippen molar-refractivity contribution in [2.45, 2.75) is 70.9 Å². The molecule has 0 radical (unpaired) electrons. The van der Waals surface area contributed by atoms with Crippen molar-refractivity contribution in [3.63, 3.8) is 0 Å². The van der Waals surface area contributed by atoms with E-state index in [1.54, 1.807) is 7.11 Å². The van der Waals surface area contributed by atoms with Crippen LogP contribution in [0.25, 0.3) is 0 Å². The number of ether oxygens (including phenoxy) is 2. The van der Waals surface area contributed by atoms with Crippen molar-refractivity contribution < 1.29 is 14.3 Å². The Balaban J connectivity index is 1.56. The molecule has 5 nitrogen and oxygen atoms in total. The van der Waals surface area contributed by atoms with E-state index in [4.69, 9.17) is 14.3 Å². The number of fused-ring (bicyclic) bond motifs is 2. The van der Waals surface area contributed by atoms with Gasteiger partial charge in [0.1, 0.15) is 18.6 Å². The highest BCUT2D eigenvalue weighted by molar-refractivity contribution is 5.91. The van der Waals surface area contributed by atoms with Crippen molar-refractivity contribution in [3.8, 4) is 11.5 Å². The highest BCUT2D eigenvalue weighted by Crippen LogP contribution is 2.46. The van der Waals surface area contributed by atoms with Gasteiger partial charge in [0, 0.05) is 23.9 Å². The molecule has 1 aliphatic carbocycles. The summed E-state index contributed by atoms with van der Waals surface area (Å²) in [5, 5.41) is 8.58. The van der Waals surface area contributed by atoms with E-state index in [0.29, 0.717) is 11.8 Å². The first-order valence-electron chi connectivity index (χ1n) is 13.1. The van der Waals surface area contributed by atoms with Gasteiger partial charge in [-0.25, -0.2) is 0 Å². The second kappa shape index (κ2) is 12.3. The Morgan fingerprint density at radius 2 is 1.24 bits per heavy atom. The fourth-order valence-electron chi connectivity index (χ4n) is 5.34. The summed E-state index contributed by atoms with van der Waals surface area (Å²) in [5.74, 6) is 2.57. The molecule has 4 rings (SSSR count). The van der Waals surface area contributed by atoms with Gasteiger partial charge in [0.05, 0.1) is 18.9 Å². The fraction of sp³-hybridized carbons (Fsp3) is 0.552. The van der Waals surface area contributed by atoms with E-state index >= 15 is 0 Å². The van der Waals surface area contributed by atoms with Crippen LogP contribution in [0, 0.1) is 11.8 Å². The SMILES string of the molecule is CCCCOc1ccc([C@H]2N[C@@H](c3ccc(OCCCC)cc3)[C@H]3CCC[C@@H]2C3=NOC)cc1. The van der Waals surface area contributed by atoms with Crippen LogP contribution in [0.2, 0.25) is 0 Å². The van der Waals surface area contributed by atoms with E-state index in [0.717, 1.165) is 63.2 Å². The minimum absolute atomic E-state index is 0.195. The number of oxime groups is 1. The van der Waals surface area contributed by atoms with Gasteiger partial charge < -0.3 is 19.6 Å². The Morgan fingerprint density at radius 1 is 0.765 bits per heavy atom. The molecule has 2 aromatic carbocycles. The zero-order valence-electron chi connectivity index (χ0n) is 21.0. The van der Waals surface area contributed by atoms with Crippen molar-refractivity contribution in [1.82, 2.24) is 5.32 Å². The van der Waals surface area contributed by atoms with Crippen molar-refractivity contribution >= 4 is 5.71 Å². The third kappa shape index (κ3) is 5.75. The summed E-state index contributed by atoms with van der Waals surface area (Å²) in [5.41, 5.74) is 3.76. The van der Waals surface area contributed by atoms with Crippen molar-refractivity contribution in [1.29, 1.82) is 0 Å². The van der Waals surface area contributed by atoms with Crippen molar-refractivity contribution in [2.24, 2.45) is 17.0 Å². The summed E-state index contributed by atoms with van der Waals surface area (Å²) in [4.78, 5) is 5.35. The van der Waals surface area contributed by atoms with Crippen LogP contribution < -0.4 is 14.8 Å². The lowest BCUT2D eigenvalue weighted by atomic mass is 9.67. The van der Waals surface area contributed by atoms with Gasteiger partial charge in [0.15, 0.2) is 0 Å². The molecular weight excluding hydrogens is 424 g/mol. The first kappa shape index (κ1) is 24.6. The average molecular weight is 465 g/mol. The summed E-state index contributed by atoms with van der Waals surface area (Å²) in [6.45, 7) is 5.90. The van der Waals surface area contributed by atoms with Crippen LogP contribution in [-0.2, 0) is 4.84 Å². The molecule has 2 bridgehead atoms. The summed E-state index contributed by atoms with van der Waals surface area (Å²) >= 11 is 0. The lowest BCUT2D eigenvalue weighted by Crippen LogP contribution is -2.50. The number of benzene rings is 2. The molecule has 4 atom stereocenters. The summed E-state index contributed by atoms with van der Waals surface area (Å²) in [7, 11) is 1.67. The van der Waals surface area contributed by atoms with E-state index in [-0.39, 0.29) is 12.1 Å². The van der Waals surface area contributed by atoms with E-state index in [1.807, 2.05) is 0 Å². The number of hydrogen-bond acceptors (Lipinski definition) is 5. The molecule has 1 aliphatic heterocycles. The Kier molecular flexibility index (Phi) is 8.86. The van der Waals surface area contributed by atoms with Gasteiger partial charge in [-0.05, 0) is 61.1 Å². The number of nitrogens with one attached hydrogen (secondary N) is 1. The third-order valence-electron chi connectivity index (χ3n) is 7.16. The molecule has 0 amide bonds. The lowest BCUT2D eigenvalue weighted by molar-refractivity contribution is 0.180. The quantitative estimate of drug-likeness (QED) is 0.292. The Morgan fingerprint density at radius 3 is 1.65 bits per heavy atom. The minimum Gasteiger partial charge on any atom is -0.494 e. The largest absolute Gasteiger partial charge is 0.494 e. The maximum atomic E-state index is 5.89. The number of hydrogen-bond donors (Lipinski definition) is 1. The molecule has 2 fully saturated rings. The molecule has 1 saturated heterocycles. The van der Waals surface area contributed by atoms with Crippen LogP contribution in [0.1, 0.15) is 82.0 Å². The maximum absolute atomic E-state index is 5.89. The predicted molar refractivity (Wildman–Crippen MR) is 138 cm³/mol. The van der Waals surface area contributed by atoms with E-state index in [9.17, 15) is 0 Å². The second-order valence-corrected chi connectivity index (χ2v) is 9.51. The van der Waals surface area contributed by atoms with Gasteiger partial charge in [0.25, 0.3) is 0 Å². The molecule has 184 valence electrons. The zero-order valence-corrected chi connectivity index (χ0v) is 21.0. The molecule has 1 saturated carbocycles. The Bertz CT molecular complexity index is 840. The number of nitrogens with zero attached hydrogens (tertiary/aromatic N) is 1. The normalized spacial score (nSPS) is 25.2. The van der Waals surface area contributed by atoms with Gasteiger partial charge in [-0.15, -0.1) is 0 Å². The van der Waals surface area contributed by atoms with Gasteiger partial charge >= 0.3 is 0 Å². The predicted octanol–water partition coefficient (Wildman–Crippen LogP) is 6.85. The molecule has 1 N–H and O–H groups in total. The average Bonchev–Trinajstić information content (AvgIpc) is 2.86. The first-order chi connectivity index (χ1) is 16.7. The molecular formula is C29H40N2O3. The third-order valence-corrected chi connectivity index (χ3v) is 7.16. The molecule has 1 heterocycles. The van der Waals surface area contributed by atoms with Crippen LogP contribution in [0.4, 0.5) is 0 Å². The molecule has 2 aliphatic rings. The fourth-order valence-corrected chi connectivity index (χ4v) is 5.34. The maximum Gasteiger partial charge on any atom is 0.119 e. The van der Waals surface area contributed by atoms with Crippen LogP contribution in [0.15, 0.2) is 53.7 Å². The molecule has 5 heteroatoms. The zero-order chi connectivity index (χ0) is 23.8. The lowest BCUT2D eigenvalue weighted by Gasteiger charge is -2.47. The van der Waals surface area contributed by atoms with Gasteiger partial charge in [0.2, 0.25) is 0 Å². The minimum atomic E-state index is 0.195. The monoisotopic (exact) mass is 464 g/mol. The standard InChI is InChI=1S/C29H40N2O3/c1-4-6-19-33-23-15-11-21(12-16-23)27-25-9-8-10-26(29(25)31-32-3)28(30-27)22-13-17-24(18-14-22)34-20-7-5-2/h11-18,25-28,30H,4-10,19-20H2,1-3H3/t25-,26+,27+,28-. The molecule has 0 unspecified atom stereocenters. The molecule has 2 aromatic rings. The summed E-state index contributed by atoms with van der Waals surface area (Å²) < 4.78 is 11.8. The van der Waals surface area contributed by atoms with Gasteiger partial charge in [-0.2, -0.15) is 0 Å². The topological polar surface area (TPSA) is 52.1 Å². The van der Waals surface area contributed by atoms with Crippen molar-refractivity contribution in [3.05, 3.63) is 59.7 Å². The van der Waals surface area contributed by atoms with E-state index < -0.39 is 0 Å². The highest BCUT2D eigenvalue weighted by Gasteiger charge is 2.45.